The molecule has 1 nitrogen and oxygen atoms in total. The monoisotopic (exact) mass is 137 g/mol. The van der Waals surface area contributed by atoms with Crippen LogP contribution in [0.3, 0.4) is 0 Å². The number of nitrogens with zero attached hydrogens (tertiary/aromatic N) is 1. The van der Waals surface area contributed by atoms with Crippen molar-refractivity contribution in [3.8, 4) is 6.07 Å². The maximum absolute atomic E-state index is 8.21. The van der Waals surface area contributed by atoms with Gasteiger partial charge in [-0.05, 0) is 26.2 Å². The molecule has 0 bridgehead atoms. The smallest absolute Gasteiger partial charge is 0.0621 e. The molecule has 0 aromatic rings. The molecule has 1 heteroatoms. The van der Waals surface area contributed by atoms with Crippen LogP contribution in [-0.4, -0.2) is 0 Å². The Morgan fingerprint density at radius 2 is 2.10 bits per heavy atom. The van der Waals surface area contributed by atoms with Crippen molar-refractivity contribution in [3.63, 3.8) is 0 Å². The first kappa shape index (κ1) is 9.23. The van der Waals surface area contributed by atoms with E-state index >= 15 is 0 Å². The third kappa shape index (κ3) is 7.23. The molecule has 10 heavy (non-hydrogen) atoms. The van der Waals surface area contributed by atoms with Crippen LogP contribution in [0.25, 0.3) is 0 Å². The molecule has 0 aromatic heterocycles. The molecule has 0 rings (SSSR count). The third-order valence-corrected chi connectivity index (χ3v) is 1.39. The Labute approximate surface area is 63.4 Å². The Kier molecular flexibility index (Phi) is 5.86. The summed E-state index contributed by atoms with van der Waals surface area (Å²) in [6.07, 6.45) is 5.23. The van der Waals surface area contributed by atoms with Gasteiger partial charge in [-0.2, -0.15) is 5.26 Å². The predicted octanol–water partition coefficient (Wildman–Crippen LogP) is 3.04. The first-order chi connectivity index (χ1) is 4.77. The molecule has 56 valence electrons. The van der Waals surface area contributed by atoms with E-state index in [1.54, 1.807) is 0 Å². The van der Waals surface area contributed by atoms with Crippen LogP contribution in [0.1, 0.15) is 39.0 Å². The van der Waals surface area contributed by atoms with Gasteiger partial charge < -0.3 is 0 Å². The van der Waals surface area contributed by atoms with E-state index in [0.29, 0.717) is 6.42 Å². The van der Waals surface area contributed by atoms with Gasteiger partial charge in [-0.3, -0.25) is 0 Å². The van der Waals surface area contributed by atoms with E-state index in [2.05, 4.69) is 12.6 Å². The molecule has 0 radical (unpaired) electrons. The quantitative estimate of drug-likeness (QED) is 0.422. The van der Waals surface area contributed by atoms with Gasteiger partial charge in [-0.25, -0.2) is 0 Å². The predicted molar refractivity (Wildman–Crippen MR) is 43.5 cm³/mol. The minimum atomic E-state index is 0.705. The summed E-state index contributed by atoms with van der Waals surface area (Å²) in [5.74, 6) is 0. The van der Waals surface area contributed by atoms with Gasteiger partial charge in [0, 0.05) is 6.42 Å². The number of hydrogen-bond donors (Lipinski definition) is 0. The zero-order chi connectivity index (χ0) is 7.82. The van der Waals surface area contributed by atoms with Crippen molar-refractivity contribution in [2.24, 2.45) is 0 Å². The molecule has 0 amide bonds. The molecule has 0 unspecified atom stereocenters. The van der Waals surface area contributed by atoms with Gasteiger partial charge in [0.1, 0.15) is 0 Å². The lowest BCUT2D eigenvalue weighted by Gasteiger charge is -1.96. The van der Waals surface area contributed by atoms with E-state index in [9.17, 15) is 0 Å². The van der Waals surface area contributed by atoms with E-state index < -0.39 is 0 Å². The van der Waals surface area contributed by atoms with E-state index in [1.807, 2.05) is 6.92 Å². The average Bonchev–Trinajstić information content (AvgIpc) is 1.87. The Hall–Kier alpha value is -0.770. The molecular weight excluding hydrogens is 122 g/mol. The third-order valence-electron chi connectivity index (χ3n) is 1.39. The summed E-state index contributed by atoms with van der Waals surface area (Å²) in [6, 6.07) is 2.13. The van der Waals surface area contributed by atoms with Gasteiger partial charge >= 0.3 is 0 Å². The van der Waals surface area contributed by atoms with E-state index in [-0.39, 0.29) is 0 Å². The van der Waals surface area contributed by atoms with Crippen LogP contribution in [0.15, 0.2) is 12.2 Å². The SMILES string of the molecule is C=C(C)CCCCCC#N. The lowest BCUT2D eigenvalue weighted by Crippen LogP contribution is -1.77. The molecule has 0 aliphatic carbocycles. The molecule has 0 aliphatic heterocycles. The highest BCUT2D eigenvalue weighted by Gasteiger charge is 1.88. The molecule has 0 saturated heterocycles. The fraction of sp³-hybridized carbons (Fsp3) is 0.667. The normalized spacial score (nSPS) is 8.80. The molecule has 0 atom stereocenters. The number of hydrogen-bond acceptors (Lipinski definition) is 1. The zero-order valence-corrected chi connectivity index (χ0v) is 6.69. The summed E-state index contributed by atoms with van der Waals surface area (Å²) < 4.78 is 0. The summed E-state index contributed by atoms with van der Waals surface area (Å²) >= 11 is 0. The van der Waals surface area contributed by atoms with Crippen molar-refractivity contribution in [1.82, 2.24) is 0 Å². The van der Waals surface area contributed by atoms with Crippen LogP contribution in [0.5, 0.6) is 0 Å². The minimum Gasteiger partial charge on any atom is -0.198 e. The van der Waals surface area contributed by atoms with Gasteiger partial charge in [0.05, 0.1) is 6.07 Å². The van der Waals surface area contributed by atoms with Gasteiger partial charge in [0.25, 0.3) is 0 Å². The fourth-order valence-corrected chi connectivity index (χ4v) is 0.808. The van der Waals surface area contributed by atoms with Crippen LogP contribution in [0, 0.1) is 11.3 Å². The highest BCUT2D eigenvalue weighted by molar-refractivity contribution is 4.87. The lowest BCUT2D eigenvalue weighted by atomic mass is 10.1. The van der Waals surface area contributed by atoms with Gasteiger partial charge in [-0.15, -0.1) is 6.58 Å². The Morgan fingerprint density at radius 1 is 1.40 bits per heavy atom. The molecule has 0 N–H and O–H groups in total. The Bertz CT molecular complexity index is 130. The van der Waals surface area contributed by atoms with Crippen LogP contribution >= 0.6 is 0 Å². The second-order valence-electron chi connectivity index (χ2n) is 2.68. The largest absolute Gasteiger partial charge is 0.198 e. The minimum absolute atomic E-state index is 0.705. The van der Waals surface area contributed by atoms with Gasteiger partial charge in [-0.1, -0.05) is 12.0 Å². The average molecular weight is 137 g/mol. The van der Waals surface area contributed by atoms with Crippen molar-refractivity contribution in [2.45, 2.75) is 39.0 Å². The second-order valence-corrected chi connectivity index (χ2v) is 2.68. The second kappa shape index (κ2) is 6.35. The van der Waals surface area contributed by atoms with Crippen LogP contribution in [0.2, 0.25) is 0 Å². The van der Waals surface area contributed by atoms with Crippen molar-refractivity contribution in [1.29, 1.82) is 5.26 Å². The molecular formula is C9H15N. The molecule has 0 aromatic carbocycles. The maximum Gasteiger partial charge on any atom is 0.0621 e. The van der Waals surface area contributed by atoms with E-state index in [4.69, 9.17) is 5.26 Å². The van der Waals surface area contributed by atoms with Crippen molar-refractivity contribution in [3.05, 3.63) is 12.2 Å². The van der Waals surface area contributed by atoms with Crippen LogP contribution in [-0.2, 0) is 0 Å². The van der Waals surface area contributed by atoms with E-state index in [0.717, 1.165) is 12.8 Å². The van der Waals surface area contributed by atoms with Crippen LogP contribution < -0.4 is 0 Å². The first-order valence-electron chi connectivity index (χ1n) is 3.78. The highest BCUT2D eigenvalue weighted by Crippen LogP contribution is 2.06. The molecule has 0 heterocycles. The summed E-state index contributed by atoms with van der Waals surface area (Å²) in [4.78, 5) is 0. The van der Waals surface area contributed by atoms with Gasteiger partial charge in [0.2, 0.25) is 0 Å². The maximum atomic E-state index is 8.21. The van der Waals surface area contributed by atoms with Crippen molar-refractivity contribution >= 4 is 0 Å². The molecule has 0 fully saturated rings. The number of rotatable bonds is 5. The highest BCUT2D eigenvalue weighted by atomic mass is 14.2. The Balaban J connectivity index is 2.92. The first-order valence-corrected chi connectivity index (χ1v) is 3.78. The number of nitriles is 1. The van der Waals surface area contributed by atoms with Gasteiger partial charge in [0.15, 0.2) is 0 Å². The summed E-state index contributed by atoms with van der Waals surface area (Å²) in [5, 5.41) is 8.21. The Morgan fingerprint density at radius 3 is 2.60 bits per heavy atom. The molecule has 0 saturated carbocycles. The van der Waals surface area contributed by atoms with Crippen LogP contribution in [0.4, 0.5) is 0 Å². The topological polar surface area (TPSA) is 23.8 Å². The standard InChI is InChI=1S/C9H15N/c1-9(2)7-5-3-4-6-8-10/h1,3-7H2,2H3. The number of unbranched alkanes of at least 4 members (excludes halogenated alkanes) is 3. The molecule has 0 spiro atoms. The summed E-state index contributed by atoms with van der Waals surface area (Å²) in [5.41, 5.74) is 1.25. The van der Waals surface area contributed by atoms with E-state index in [1.165, 1.54) is 18.4 Å². The zero-order valence-electron chi connectivity index (χ0n) is 6.69. The van der Waals surface area contributed by atoms with Crippen molar-refractivity contribution < 1.29 is 0 Å². The molecule has 0 aliphatic rings. The fourth-order valence-electron chi connectivity index (χ4n) is 0.808. The lowest BCUT2D eigenvalue weighted by molar-refractivity contribution is 0.688. The summed E-state index contributed by atoms with van der Waals surface area (Å²) in [6.45, 7) is 5.85. The number of allylic oxidation sites excluding steroid dienone is 1. The summed E-state index contributed by atoms with van der Waals surface area (Å²) in [7, 11) is 0. The van der Waals surface area contributed by atoms with Crippen molar-refractivity contribution in [2.75, 3.05) is 0 Å².